The van der Waals surface area contributed by atoms with Crippen molar-refractivity contribution in [2.45, 2.75) is 37.2 Å². The maximum atomic E-state index is 4.57. The normalized spacial score (nSPS) is 12.2. The predicted octanol–water partition coefficient (Wildman–Crippen LogP) is 2.37. The summed E-state index contributed by atoms with van der Waals surface area (Å²) in [6.45, 7) is 6.25. The van der Waals surface area contributed by atoms with Gasteiger partial charge >= 0.3 is 0 Å². The van der Waals surface area contributed by atoms with Crippen LogP contribution in [-0.4, -0.2) is 29.6 Å². The molecule has 0 aliphatic heterocycles. The molecule has 20 heavy (non-hydrogen) atoms. The summed E-state index contributed by atoms with van der Waals surface area (Å²) in [7, 11) is 0. The molecule has 0 N–H and O–H groups in total. The number of rotatable bonds is 3. The first-order valence-corrected chi connectivity index (χ1v) is 7.37. The molecule has 6 nitrogen and oxygen atoms in total. The summed E-state index contributed by atoms with van der Waals surface area (Å²) in [6, 6.07) is 5.97. The van der Waals surface area contributed by atoms with Crippen molar-refractivity contribution in [1.29, 1.82) is 0 Å². The van der Waals surface area contributed by atoms with E-state index < -0.39 is 0 Å². The van der Waals surface area contributed by atoms with E-state index in [-0.39, 0.29) is 5.54 Å². The number of tetrazole rings is 1. The lowest BCUT2D eigenvalue weighted by Crippen LogP contribution is -2.24. The van der Waals surface area contributed by atoms with Crippen molar-refractivity contribution in [3.05, 3.63) is 36.3 Å². The highest BCUT2D eigenvalue weighted by Crippen LogP contribution is 2.24. The molecule has 0 radical (unpaired) electrons. The molecule has 0 bridgehead atoms. The van der Waals surface area contributed by atoms with Crippen LogP contribution in [-0.2, 0) is 11.3 Å². The number of pyridine rings is 1. The van der Waals surface area contributed by atoms with E-state index in [9.17, 15) is 0 Å². The first kappa shape index (κ1) is 13.1. The Kier molecular flexibility index (Phi) is 3.21. The molecule has 0 aromatic carbocycles. The molecule has 0 saturated heterocycles. The topological polar surface area (TPSA) is 60.9 Å². The molecule has 3 rings (SSSR count). The summed E-state index contributed by atoms with van der Waals surface area (Å²) in [5.41, 5.74) is 1.85. The third-order valence-electron chi connectivity index (χ3n) is 2.84. The van der Waals surface area contributed by atoms with Gasteiger partial charge in [0.2, 0.25) is 5.16 Å². The van der Waals surface area contributed by atoms with Crippen LogP contribution in [0, 0.1) is 0 Å². The van der Waals surface area contributed by atoms with Gasteiger partial charge in [0.25, 0.3) is 0 Å². The smallest absolute Gasteiger partial charge is 0.210 e. The quantitative estimate of drug-likeness (QED) is 0.692. The average Bonchev–Trinajstić information content (AvgIpc) is 3.01. The first-order chi connectivity index (χ1) is 9.54. The number of fused-ring (bicyclic) bond motifs is 1. The second-order valence-corrected chi connectivity index (χ2v) is 6.47. The molecule has 3 aromatic rings. The molecule has 0 unspecified atom stereocenters. The van der Waals surface area contributed by atoms with Crippen molar-refractivity contribution >= 4 is 17.4 Å². The van der Waals surface area contributed by atoms with E-state index in [1.54, 1.807) is 11.8 Å². The van der Waals surface area contributed by atoms with Crippen LogP contribution in [0.25, 0.3) is 5.65 Å². The molecule has 7 heteroatoms. The van der Waals surface area contributed by atoms with Crippen LogP contribution in [0.1, 0.15) is 26.5 Å². The van der Waals surface area contributed by atoms with Crippen LogP contribution < -0.4 is 0 Å². The van der Waals surface area contributed by atoms with Crippen LogP contribution in [0.15, 0.2) is 35.7 Å². The Morgan fingerprint density at radius 1 is 1.25 bits per heavy atom. The lowest BCUT2D eigenvalue weighted by atomic mass is 10.1. The van der Waals surface area contributed by atoms with Gasteiger partial charge in [-0.2, -0.15) is 0 Å². The fourth-order valence-corrected chi connectivity index (χ4v) is 2.83. The molecule has 3 heterocycles. The van der Waals surface area contributed by atoms with Gasteiger partial charge in [-0.25, -0.2) is 9.67 Å². The van der Waals surface area contributed by atoms with E-state index in [4.69, 9.17) is 0 Å². The van der Waals surface area contributed by atoms with Gasteiger partial charge in [0.15, 0.2) is 0 Å². The molecule has 0 fully saturated rings. The molecule has 104 valence electrons. The van der Waals surface area contributed by atoms with E-state index in [1.807, 2.05) is 39.7 Å². The number of nitrogens with zero attached hydrogens (tertiary/aromatic N) is 6. The fourth-order valence-electron chi connectivity index (χ4n) is 1.89. The highest BCUT2D eigenvalue weighted by atomic mass is 32.2. The zero-order valence-corrected chi connectivity index (χ0v) is 12.5. The van der Waals surface area contributed by atoms with E-state index in [0.717, 1.165) is 22.3 Å². The van der Waals surface area contributed by atoms with E-state index in [0.29, 0.717) is 0 Å². The zero-order valence-electron chi connectivity index (χ0n) is 11.7. The largest absolute Gasteiger partial charge is 0.307 e. The second kappa shape index (κ2) is 4.90. The minimum absolute atomic E-state index is 0.120. The molecule has 0 saturated carbocycles. The van der Waals surface area contributed by atoms with E-state index >= 15 is 0 Å². The number of aromatic nitrogens is 6. The Labute approximate surface area is 121 Å². The summed E-state index contributed by atoms with van der Waals surface area (Å²) in [5.74, 6) is 0.748. The van der Waals surface area contributed by atoms with Gasteiger partial charge in [-0.15, -0.1) is 5.10 Å². The van der Waals surface area contributed by atoms with Crippen molar-refractivity contribution in [1.82, 2.24) is 29.6 Å². The Morgan fingerprint density at radius 2 is 2.10 bits per heavy atom. The third kappa shape index (κ3) is 2.53. The fraction of sp³-hybridized carbons (Fsp3) is 0.385. The Hall–Kier alpha value is -1.89. The molecule has 3 aromatic heterocycles. The number of hydrogen-bond donors (Lipinski definition) is 0. The van der Waals surface area contributed by atoms with E-state index in [2.05, 4.69) is 41.3 Å². The maximum absolute atomic E-state index is 4.57. The van der Waals surface area contributed by atoms with Crippen LogP contribution in [0.3, 0.4) is 0 Å². The van der Waals surface area contributed by atoms with Gasteiger partial charge in [-0.1, -0.05) is 17.8 Å². The molecule has 0 amide bonds. The van der Waals surface area contributed by atoms with Crippen molar-refractivity contribution in [3.8, 4) is 0 Å². The number of thioether (sulfide) groups is 1. The molecule has 0 aliphatic carbocycles. The summed E-state index contributed by atoms with van der Waals surface area (Å²) < 4.78 is 3.86. The lowest BCUT2D eigenvalue weighted by molar-refractivity contribution is 0.321. The van der Waals surface area contributed by atoms with Crippen molar-refractivity contribution in [2.75, 3.05) is 0 Å². The Morgan fingerprint density at radius 3 is 2.85 bits per heavy atom. The van der Waals surface area contributed by atoms with Crippen LogP contribution in [0.2, 0.25) is 0 Å². The SMILES string of the molecule is CC(C)(C)n1nnnc1SCc1cn2ccccc2n1. The van der Waals surface area contributed by atoms with Crippen LogP contribution in [0.4, 0.5) is 0 Å². The number of imidazole rings is 1. The second-order valence-electron chi connectivity index (χ2n) is 5.53. The molecular formula is C13H16N6S. The summed E-state index contributed by atoms with van der Waals surface area (Å²) in [6.07, 6.45) is 4.03. The van der Waals surface area contributed by atoms with Gasteiger partial charge in [0, 0.05) is 18.1 Å². The molecular weight excluding hydrogens is 272 g/mol. The Balaban J connectivity index is 1.78. The van der Waals surface area contributed by atoms with Gasteiger partial charge in [0.05, 0.1) is 11.2 Å². The van der Waals surface area contributed by atoms with Gasteiger partial charge in [0.1, 0.15) is 5.65 Å². The van der Waals surface area contributed by atoms with E-state index in [1.165, 1.54) is 0 Å². The van der Waals surface area contributed by atoms with Crippen LogP contribution >= 0.6 is 11.8 Å². The van der Waals surface area contributed by atoms with Crippen molar-refractivity contribution in [2.24, 2.45) is 0 Å². The first-order valence-electron chi connectivity index (χ1n) is 6.38. The minimum Gasteiger partial charge on any atom is -0.307 e. The average molecular weight is 288 g/mol. The monoisotopic (exact) mass is 288 g/mol. The zero-order chi connectivity index (χ0) is 14.2. The summed E-state index contributed by atoms with van der Waals surface area (Å²) in [5, 5.41) is 12.7. The van der Waals surface area contributed by atoms with Crippen LogP contribution in [0.5, 0.6) is 0 Å². The summed E-state index contributed by atoms with van der Waals surface area (Å²) in [4.78, 5) is 4.57. The maximum Gasteiger partial charge on any atom is 0.210 e. The molecule has 0 aliphatic rings. The highest BCUT2D eigenvalue weighted by molar-refractivity contribution is 7.98. The van der Waals surface area contributed by atoms with Gasteiger partial charge in [-0.05, 0) is 43.3 Å². The summed E-state index contributed by atoms with van der Waals surface area (Å²) >= 11 is 1.60. The highest BCUT2D eigenvalue weighted by Gasteiger charge is 2.20. The van der Waals surface area contributed by atoms with Gasteiger partial charge in [-0.3, -0.25) is 0 Å². The lowest BCUT2D eigenvalue weighted by Gasteiger charge is -2.19. The molecule has 0 spiro atoms. The number of hydrogen-bond acceptors (Lipinski definition) is 5. The van der Waals surface area contributed by atoms with Crippen molar-refractivity contribution < 1.29 is 0 Å². The van der Waals surface area contributed by atoms with Gasteiger partial charge < -0.3 is 4.40 Å². The third-order valence-corrected chi connectivity index (χ3v) is 3.79. The Bertz CT molecular complexity index is 691. The predicted molar refractivity (Wildman–Crippen MR) is 77.6 cm³/mol. The standard InChI is InChI=1S/C13H16N6S/c1-13(2,3)19-12(15-16-17-19)20-9-10-8-18-7-5-4-6-11(18)14-10/h4-8H,9H2,1-3H3. The van der Waals surface area contributed by atoms with Crippen molar-refractivity contribution in [3.63, 3.8) is 0 Å². The minimum atomic E-state index is -0.120. The molecule has 0 atom stereocenters.